The number of fused-ring (bicyclic) bond motifs is 1. The number of nitrogens with one attached hydrogen (secondary N) is 2. The SMILES string of the molecule is COc1cc(C)nc2[nH][nH]c(=O)c12. The maximum absolute atomic E-state index is 11.3. The number of hydrogen-bond acceptors (Lipinski definition) is 3. The number of methoxy groups -OCH3 is 1. The van der Waals surface area contributed by atoms with Crippen molar-refractivity contribution in [2.45, 2.75) is 6.92 Å². The average Bonchev–Trinajstić information content (AvgIpc) is 2.46. The average molecular weight is 179 g/mol. The van der Waals surface area contributed by atoms with Crippen LogP contribution in [0.15, 0.2) is 10.9 Å². The molecule has 68 valence electrons. The van der Waals surface area contributed by atoms with E-state index in [1.165, 1.54) is 7.11 Å². The van der Waals surface area contributed by atoms with Gasteiger partial charge in [-0.2, -0.15) is 0 Å². The lowest BCUT2D eigenvalue weighted by molar-refractivity contribution is 0.419. The second-order valence-electron chi connectivity index (χ2n) is 2.77. The molecule has 0 atom stereocenters. The van der Waals surface area contributed by atoms with Crippen LogP contribution < -0.4 is 10.3 Å². The number of H-pyrrole nitrogens is 2. The number of aromatic nitrogens is 3. The van der Waals surface area contributed by atoms with Crippen molar-refractivity contribution in [2.24, 2.45) is 0 Å². The Morgan fingerprint density at radius 1 is 1.46 bits per heavy atom. The van der Waals surface area contributed by atoms with Crippen molar-refractivity contribution in [1.82, 2.24) is 15.2 Å². The van der Waals surface area contributed by atoms with E-state index in [2.05, 4.69) is 15.2 Å². The predicted molar refractivity (Wildman–Crippen MR) is 48.0 cm³/mol. The molecule has 0 saturated heterocycles. The van der Waals surface area contributed by atoms with Gasteiger partial charge in [-0.05, 0) is 6.92 Å². The fourth-order valence-electron chi connectivity index (χ4n) is 1.29. The number of pyridine rings is 1. The molecule has 2 heterocycles. The van der Waals surface area contributed by atoms with Crippen LogP contribution in [0.3, 0.4) is 0 Å². The minimum Gasteiger partial charge on any atom is -0.496 e. The lowest BCUT2D eigenvalue weighted by Gasteiger charge is -2.00. The van der Waals surface area contributed by atoms with Gasteiger partial charge in [0, 0.05) is 11.8 Å². The van der Waals surface area contributed by atoms with Crippen molar-refractivity contribution >= 4 is 11.0 Å². The highest BCUT2D eigenvalue weighted by Gasteiger charge is 2.09. The molecule has 0 aliphatic heterocycles. The summed E-state index contributed by atoms with van der Waals surface area (Å²) in [6, 6.07) is 1.73. The Morgan fingerprint density at radius 3 is 2.92 bits per heavy atom. The van der Waals surface area contributed by atoms with Crippen molar-refractivity contribution in [3.05, 3.63) is 22.1 Å². The standard InChI is InChI=1S/C8H9N3O2/c1-4-3-5(13-2)6-7(9-4)10-11-8(6)12/h3H,1-2H3,(H2,9,10,11,12). The third-order valence-corrected chi connectivity index (χ3v) is 1.85. The summed E-state index contributed by atoms with van der Waals surface area (Å²) in [5, 5.41) is 5.60. The summed E-state index contributed by atoms with van der Waals surface area (Å²) in [6.45, 7) is 1.84. The van der Waals surface area contributed by atoms with E-state index in [-0.39, 0.29) is 5.56 Å². The number of nitrogens with zero attached hydrogens (tertiary/aromatic N) is 1. The summed E-state index contributed by atoms with van der Waals surface area (Å²) in [7, 11) is 1.53. The molecule has 0 spiro atoms. The first-order chi connectivity index (χ1) is 6.22. The van der Waals surface area contributed by atoms with Crippen LogP contribution in [-0.4, -0.2) is 22.3 Å². The smallest absolute Gasteiger partial charge is 0.277 e. The quantitative estimate of drug-likeness (QED) is 0.672. The summed E-state index contributed by atoms with van der Waals surface area (Å²) in [5.74, 6) is 0.546. The highest BCUT2D eigenvalue weighted by Crippen LogP contribution is 2.19. The van der Waals surface area contributed by atoms with Gasteiger partial charge >= 0.3 is 0 Å². The summed E-state index contributed by atoms with van der Waals surface area (Å²) in [6.07, 6.45) is 0. The molecule has 0 aromatic carbocycles. The highest BCUT2D eigenvalue weighted by molar-refractivity contribution is 5.81. The molecule has 0 unspecified atom stereocenters. The fourth-order valence-corrected chi connectivity index (χ4v) is 1.29. The van der Waals surface area contributed by atoms with Crippen LogP contribution in [0.2, 0.25) is 0 Å². The molecule has 0 aliphatic carbocycles. The normalized spacial score (nSPS) is 10.6. The number of aryl methyl sites for hydroxylation is 1. The maximum Gasteiger partial charge on any atom is 0.277 e. The van der Waals surface area contributed by atoms with Gasteiger partial charge in [-0.3, -0.25) is 15.0 Å². The van der Waals surface area contributed by atoms with Gasteiger partial charge in [-0.15, -0.1) is 0 Å². The first-order valence-electron chi connectivity index (χ1n) is 3.84. The van der Waals surface area contributed by atoms with E-state index in [1.54, 1.807) is 6.07 Å². The highest BCUT2D eigenvalue weighted by atomic mass is 16.5. The zero-order chi connectivity index (χ0) is 9.42. The molecule has 5 nitrogen and oxygen atoms in total. The molecule has 0 amide bonds. The van der Waals surface area contributed by atoms with Gasteiger partial charge in [0.15, 0.2) is 5.65 Å². The van der Waals surface area contributed by atoms with Crippen molar-refractivity contribution in [1.29, 1.82) is 0 Å². The van der Waals surface area contributed by atoms with Crippen molar-refractivity contribution in [3.8, 4) is 5.75 Å². The van der Waals surface area contributed by atoms with Crippen LogP contribution in [0.25, 0.3) is 11.0 Å². The lowest BCUT2D eigenvalue weighted by atomic mass is 10.3. The van der Waals surface area contributed by atoms with Crippen LogP contribution in [-0.2, 0) is 0 Å². The molecular formula is C8H9N3O2. The van der Waals surface area contributed by atoms with Gasteiger partial charge in [-0.1, -0.05) is 0 Å². The van der Waals surface area contributed by atoms with Crippen LogP contribution in [0.5, 0.6) is 5.75 Å². The number of ether oxygens (including phenoxy) is 1. The Balaban J connectivity index is 2.93. The monoisotopic (exact) mass is 179 g/mol. The molecule has 2 rings (SSSR count). The molecule has 0 aliphatic rings. The van der Waals surface area contributed by atoms with E-state index in [0.29, 0.717) is 16.8 Å². The predicted octanol–water partition coefficient (Wildman–Crippen LogP) is 0.568. The second kappa shape index (κ2) is 2.62. The summed E-state index contributed by atoms with van der Waals surface area (Å²) in [5.41, 5.74) is 1.13. The van der Waals surface area contributed by atoms with Crippen molar-refractivity contribution < 1.29 is 4.74 Å². The van der Waals surface area contributed by atoms with Crippen molar-refractivity contribution in [2.75, 3.05) is 7.11 Å². The van der Waals surface area contributed by atoms with Gasteiger partial charge in [-0.25, -0.2) is 4.98 Å². The van der Waals surface area contributed by atoms with E-state index in [4.69, 9.17) is 4.74 Å². The number of rotatable bonds is 1. The minimum atomic E-state index is -0.209. The van der Waals surface area contributed by atoms with E-state index < -0.39 is 0 Å². The summed E-state index contributed by atoms with van der Waals surface area (Å²) >= 11 is 0. The molecule has 0 saturated carbocycles. The van der Waals surface area contributed by atoms with Crippen LogP contribution in [0.1, 0.15) is 5.69 Å². The first kappa shape index (κ1) is 7.85. The third kappa shape index (κ3) is 1.09. The molecule has 0 radical (unpaired) electrons. The molecule has 5 heteroatoms. The maximum atomic E-state index is 11.3. The number of hydrogen-bond donors (Lipinski definition) is 2. The summed E-state index contributed by atoms with van der Waals surface area (Å²) in [4.78, 5) is 15.4. The lowest BCUT2D eigenvalue weighted by Crippen LogP contribution is -2.00. The molecule has 0 bridgehead atoms. The van der Waals surface area contributed by atoms with Gasteiger partial charge < -0.3 is 4.74 Å². The summed E-state index contributed by atoms with van der Waals surface area (Å²) < 4.78 is 5.07. The minimum absolute atomic E-state index is 0.209. The van der Waals surface area contributed by atoms with Crippen molar-refractivity contribution in [3.63, 3.8) is 0 Å². The van der Waals surface area contributed by atoms with E-state index in [0.717, 1.165) is 5.69 Å². The van der Waals surface area contributed by atoms with Gasteiger partial charge in [0.25, 0.3) is 5.56 Å². The molecule has 2 N–H and O–H groups in total. The Labute approximate surface area is 73.7 Å². The zero-order valence-corrected chi connectivity index (χ0v) is 7.34. The molecule has 0 fully saturated rings. The van der Waals surface area contributed by atoms with Crippen LogP contribution in [0.4, 0.5) is 0 Å². The first-order valence-corrected chi connectivity index (χ1v) is 3.84. The van der Waals surface area contributed by atoms with Gasteiger partial charge in [0.1, 0.15) is 11.1 Å². The van der Waals surface area contributed by atoms with Gasteiger partial charge in [0.2, 0.25) is 0 Å². The largest absolute Gasteiger partial charge is 0.496 e. The van der Waals surface area contributed by atoms with Gasteiger partial charge in [0.05, 0.1) is 7.11 Å². The van der Waals surface area contributed by atoms with Crippen LogP contribution in [0, 0.1) is 6.92 Å². The second-order valence-corrected chi connectivity index (χ2v) is 2.77. The molecule has 13 heavy (non-hydrogen) atoms. The zero-order valence-electron chi connectivity index (χ0n) is 7.34. The Hall–Kier alpha value is -1.78. The molecular weight excluding hydrogens is 170 g/mol. The topological polar surface area (TPSA) is 70.8 Å². The molecule has 2 aromatic rings. The Morgan fingerprint density at radius 2 is 2.23 bits per heavy atom. The Kier molecular flexibility index (Phi) is 1.58. The number of aromatic amines is 2. The molecule has 2 aromatic heterocycles. The van der Waals surface area contributed by atoms with E-state index in [9.17, 15) is 4.79 Å². The van der Waals surface area contributed by atoms with E-state index in [1.807, 2.05) is 6.92 Å². The fraction of sp³-hybridized carbons (Fsp3) is 0.250. The van der Waals surface area contributed by atoms with Crippen LogP contribution >= 0.6 is 0 Å². The van der Waals surface area contributed by atoms with E-state index >= 15 is 0 Å². The Bertz CT molecular complexity index is 498. The third-order valence-electron chi connectivity index (χ3n) is 1.85.